The van der Waals surface area contributed by atoms with E-state index in [1.807, 2.05) is 19.2 Å². The fourth-order valence-corrected chi connectivity index (χ4v) is 2.80. The second kappa shape index (κ2) is 8.56. The molecule has 10 heteroatoms. The molecule has 1 atom stereocenters. The van der Waals surface area contributed by atoms with Gasteiger partial charge in [-0.1, -0.05) is 31.5 Å². The number of rotatable bonds is 6. The first kappa shape index (κ1) is 20.3. The highest BCUT2D eigenvalue weighted by Crippen LogP contribution is 2.22. The third kappa shape index (κ3) is 4.39. The van der Waals surface area contributed by atoms with Gasteiger partial charge in [0.15, 0.2) is 11.5 Å². The minimum absolute atomic E-state index is 0.0556. The van der Waals surface area contributed by atoms with Crippen molar-refractivity contribution in [3.05, 3.63) is 46.0 Å². The lowest BCUT2D eigenvalue weighted by Gasteiger charge is -2.24. The highest BCUT2D eigenvalue weighted by atomic mass is 35.5. The van der Waals surface area contributed by atoms with Gasteiger partial charge in [0.2, 0.25) is 6.41 Å². The average Bonchev–Trinajstić information content (AvgIpc) is 2.62. The van der Waals surface area contributed by atoms with E-state index < -0.39 is 11.9 Å². The van der Waals surface area contributed by atoms with E-state index in [-0.39, 0.29) is 45.9 Å². The summed E-state index contributed by atoms with van der Waals surface area (Å²) in [5.74, 6) is 3.68. The van der Waals surface area contributed by atoms with Crippen LogP contribution < -0.4 is 22.0 Å². The van der Waals surface area contributed by atoms with Crippen molar-refractivity contribution in [2.24, 2.45) is 16.9 Å². The number of hydrazone groups is 1. The topological polar surface area (TPSA) is 143 Å². The zero-order chi connectivity index (χ0) is 20.1. The Bertz CT molecular complexity index is 863. The van der Waals surface area contributed by atoms with Gasteiger partial charge in [0.1, 0.15) is 6.04 Å². The predicted octanol–water partition coefficient (Wildman–Crippen LogP) is 0.0435. The molecule has 1 aliphatic rings. The SMILES string of the molecule is CC(C)C1=CC(C(=O)c2ccc(/C(=N/N)C(=O)NC=O)cc2Cl)NNC1=O. The quantitative estimate of drug-likeness (QED) is 0.177. The summed E-state index contributed by atoms with van der Waals surface area (Å²) in [5.41, 5.74) is 5.78. The molecule has 0 saturated carbocycles. The second-order valence-electron chi connectivity index (χ2n) is 5.98. The Kier molecular flexibility index (Phi) is 6.43. The zero-order valence-electron chi connectivity index (χ0n) is 14.6. The average molecular weight is 392 g/mol. The minimum Gasteiger partial charge on any atom is -0.322 e. The van der Waals surface area contributed by atoms with Crippen molar-refractivity contribution in [1.29, 1.82) is 0 Å². The smallest absolute Gasteiger partial charge is 0.278 e. The van der Waals surface area contributed by atoms with Crippen LogP contribution in [0.4, 0.5) is 0 Å². The number of nitrogens with two attached hydrogens (primary N) is 1. The van der Waals surface area contributed by atoms with Crippen LogP contribution >= 0.6 is 11.6 Å². The normalized spacial score (nSPS) is 17.2. The fraction of sp³-hybridized carbons (Fsp3) is 0.235. The van der Waals surface area contributed by atoms with Crippen molar-refractivity contribution in [2.75, 3.05) is 0 Å². The minimum atomic E-state index is -0.802. The number of Topliss-reactive ketones (excluding diaryl/α,β-unsaturated/α-hetero) is 1. The van der Waals surface area contributed by atoms with Crippen molar-refractivity contribution in [3.8, 4) is 0 Å². The summed E-state index contributed by atoms with van der Waals surface area (Å²) >= 11 is 6.20. The van der Waals surface area contributed by atoms with Gasteiger partial charge in [-0.3, -0.25) is 29.9 Å². The summed E-state index contributed by atoms with van der Waals surface area (Å²) in [6.07, 6.45) is 1.76. The maximum atomic E-state index is 12.8. The van der Waals surface area contributed by atoms with E-state index in [1.165, 1.54) is 18.2 Å². The van der Waals surface area contributed by atoms with Crippen LogP contribution in [0.3, 0.4) is 0 Å². The van der Waals surface area contributed by atoms with Gasteiger partial charge in [-0.15, -0.1) is 0 Å². The molecule has 0 spiro atoms. The van der Waals surface area contributed by atoms with E-state index in [0.717, 1.165) is 0 Å². The van der Waals surface area contributed by atoms with E-state index in [2.05, 4.69) is 16.0 Å². The maximum Gasteiger partial charge on any atom is 0.278 e. The highest BCUT2D eigenvalue weighted by Gasteiger charge is 2.28. The lowest BCUT2D eigenvalue weighted by molar-refractivity contribution is -0.121. The van der Waals surface area contributed by atoms with E-state index >= 15 is 0 Å². The third-order valence-corrected chi connectivity index (χ3v) is 4.21. The predicted molar refractivity (Wildman–Crippen MR) is 98.7 cm³/mol. The molecule has 1 aliphatic heterocycles. The fourth-order valence-electron chi connectivity index (χ4n) is 2.52. The first-order chi connectivity index (χ1) is 12.8. The summed E-state index contributed by atoms with van der Waals surface area (Å²) in [5, 5.41) is 5.34. The van der Waals surface area contributed by atoms with Crippen molar-refractivity contribution in [1.82, 2.24) is 16.2 Å². The van der Waals surface area contributed by atoms with Crippen LogP contribution in [-0.4, -0.2) is 35.8 Å². The molecule has 1 aromatic rings. The number of ketones is 1. The molecule has 5 N–H and O–H groups in total. The summed E-state index contributed by atoms with van der Waals surface area (Å²) in [6, 6.07) is 3.41. The summed E-state index contributed by atoms with van der Waals surface area (Å²) in [4.78, 5) is 46.7. The molecule has 1 heterocycles. The molecule has 142 valence electrons. The van der Waals surface area contributed by atoms with Crippen LogP contribution in [-0.2, 0) is 14.4 Å². The molecule has 2 rings (SSSR count). The molecule has 0 fully saturated rings. The van der Waals surface area contributed by atoms with Crippen LogP contribution in [0.25, 0.3) is 0 Å². The monoisotopic (exact) mass is 391 g/mol. The van der Waals surface area contributed by atoms with Crippen LogP contribution in [0.15, 0.2) is 34.9 Å². The molecule has 27 heavy (non-hydrogen) atoms. The number of carbonyl (C=O) groups excluding carboxylic acids is 4. The summed E-state index contributed by atoms with van der Waals surface area (Å²) in [6.45, 7) is 3.69. The Labute approximate surface area is 160 Å². The van der Waals surface area contributed by atoms with Gasteiger partial charge in [0.05, 0.1) is 5.02 Å². The molecule has 0 radical (unpaired) electrons. The third-order valence-electron chi connectivity index (χ3n) is 3.90. The molecule has 0 aliphatic carbocycles. The van der Waals surface area contributed by atoms with Gasteiger partial charge in [-0.2, -0.15) is 5.10 Å². The van der Waals surface area contributed by atoms with Gasteiger partial charge in [0.25, 0.3) is 11.8 Å². The molecule has 0 bridgehead atoms. The van der Waals surface area contributed by atoms with E-state index in [9.17, 15) is 19.2 Å². The van der Waals surface area contributed by atoms with E-state index in [0.29, 0.717) is 5.57 Å². The Balaban J connectivity index is 2.32. The van der Waals surface area contributed by atoms with Crippen LogP contribution in [0, 0.1) is 5.92 Å². The maximum absolute atomic E-state index is 12.8. The Hall–Kier alpha value is -3.04. The number of carbonyl (C=O) groups is 4. The van der Waals surface area contributed by atoms with Gasteiger partial charge >= 0.3 is 0 Å². The Morgan fingerprint density at radius 2 is 2.07 bits per heavy atom. The number of benzene rings is 1. The van der Waals surface area contributed by atoms with Gasteiger partial charge in [0, 0.05) is 16.7 Å². The number of hydrogen-bond donors (Lipinski definition) is 4. The molecule has 1 unspecified atom stereocenters. The number of hydrazine groups is 1. The standard InChI is InChI=1S/C17H18ClN5O4/c1-8(2)11-6-13(22-23-16(11)26)15(25)10-4-3-9(5-12(10)18)14(21-19)17(27)20-7-24/h3-8,13,22H,19H2,1-2H3,(H,23,26)(H,20,24,27)/b21-14-. The second-order valence-corrected chi connectivity index (χ2v) is 6.39. The van der Waals surface area contributed by atoms with E-state index in [1.54, 1.807) is 6.08 Å². The first-order valence-electron chi connectivity index (χ1n) is 7.94. The number of nitrogens with one attached hydrogen (secondary N) is 3. The highest BCUT2D eigenvalue weighted by molar-refractivity contribution is 6.47. The molecule has 3 amide bonds. The van der Waals surface area contributed by atoms with Gasteiger partial charge < -0.3 is 5.84 Å². The van der Waals surface area contributed by atoms with Gasteiger partial charge in [-0.05, 0) is 24.1 Å². The van der Waals surface area contributed by atoms with Crippen LogP contribution in [0.1, 0.15) is 29.8 Å². The zero-order valence-corrected chi connectivity index (χ0v) is 15.3. The summed E-state index contributed by atoms with van der Waals surface area (Å²) < 4.78 is 0. The largest absolute Gasteiger partial charge is 0.322 e. The number of amides is 3. The summed E-state index contributed by atoms with van der Waals surface area (Å²) in [7, 11) is 0. The molecular weight excluding hydrogens is 374 g/mol. The molecule has 9 nitrogen and oxygen atoms in total. The van der Waals surface area contributed by atoms with Crippen molar-refractivity contribution in [2.45, 2.75) is 19.9 Å². The lowest BCUT2D eigenvalue weighted by Crippen LogP contribution is -2.52. The number of hydrogen-bond acceptors (Lipinski definition) is 7. The van der Waals surface area contributed by atoms with Crippen LogP contribution in [0.2, 0.25) is 5.02 Å². The molecule has 0 aromatic heterocycles. The first-order valence-corrected chi connectivity index (χ1v) is 8.32. The number of halogens is 1. The van der Waals surface area contributed by atoms with Crippen LogP contribution in [0.5, 0.6) is 0 Å². The molecular formula is C17H18ClN5O4. The Morgan fingerprint density at radius 3 is 2.63 bits per heavy atom. The van der Waals surface area contributed by atoms with E-state index in [4.69, 9.17) is 17.4 Å². The number of imide groups is 1. The Morgan fingerprint density at radius 1 is 1.37 bits per heavy atom. The molecule has 1 aromatic carbocycles. The lowest BCUT2D eigenvalue weighted by atomic mass is 9.94. The van der Waals surface area contributed by atoms with Gasteiger partial charge in [-0.25, -0.2) is 5.43 Å². The van der Waals surface area contributed by atoms with Crippen molar-refractivity contribution < 1.29 is 19.2 Å². The number of nitrogens with zero attached hydrogens (tertiary/aromatic N) is 1. The van der Waals surface area contributed by atoms with Crippen molar-refractivity contribution in [3.63, 3.8) is 0 Å². The van der Waals surface area contributed by atoms with Crippen molar-refractivity contribution >= 4 is 41.3 Å². The molecule has 0 saturated heterocycles.